The molecule has 1 aromatic carbocycles. The molecule has 0 aliphatic heterocycles. The van der Waals surface area contributed by atoms with E-state index in [1.165, 1.54) is 5.56 Å². The quantitative estimate of drug-likeness (QED) is 0.745. The highest BCUT2D eigenvalue weighted by atomic mass is 79.9. The minimum Gasteiger partial charge on any atom is -0.122 e. The molecule has 0 bridgehead atoms. The Kier molecular flexibility index (Phi) is 4.26. The lowest BCUT2D eigenvalue weighted by atomic mass is 10.2. The first kappa shape index (κ1) is 10.2. The maximum atomic E-state index is 5.12. The van der Waals surface area contributed by atoms with Crippen LogP contribution in [-0.2, 0) is 6.42 Å². The normalized spacial score (nSPS) is 9.83. The number of hydrogen-bond donors (Lipinski definition) is 0. The molecular formula is C9H9BrS2. The van der Waals surface area contributed by atoms with Crippen LogP contribution in [0.3, 0.4) is 0 Å². The van der Waals surface area contributed by atoms with E-state index in [-0.39, 0.29) is 0 Å². The first-order chi connectivity index (χ1) is 5.72. The summed E-state index contributed by atoms with van der Waals surface area (Å²) in [6.45, 7) is 0. The molecule has 1 aromatic rings. The fourth-order valence-electron chi connectivity index (χ4n) is 0.841. The zero-order chi connectivity index (χ0) is 8.97. The highest BCUT2D eigenvalue weighted by molar-refractivity contribution is 9.10. The van der Waals surface area contributed by atoms with Gasteiger partial charge in [0.2, 0.25) is 0 Å². The summed E-state index contributed by atoms with van der Waals surface area (Å²) in [5.74, 6) is 0. The van der Waals surface area contributed by atoms with Crippen molar-refractivity contribution >= 4 is 44.1 Å². The molecule has 0 nitrogen and oxygen atoms in total. The fourth-order valence-corrected chi connectivity index (χ4v) is 1.58. The van der Waals surface area contributed by atoms with Gasteiger partial charge < -0.3 is 0 Å². The Labute approximate surface area is 90.9 Å². The van der Waals surface area contributed by atoms with Crippen LogP contribution in [0.4, 0.5) is 0 Å². The monoisotopic (exact) mass is 260 g/mol. The third-order valence-corrected chi connectivity index (χ3v) is 3.26. The van der Waals surface area contributed by atoms with Crippen molar-refractivity contribution in [3.63, 3.8) is 0 Å². The molecule has 3 heteroatoms. The van der Waals surface area contributed by atoms with E-state index in [9.17, 15) is 0 Å². The van der Waals surface area contributed by atoms with Crippen molar-refractivity contribution < 1.29 is 0 Å². The predicted molar refractivity (Wildman–Crippen MR) is 64.0 cm³/mol. The zero-order valence-corrected chi connectivity index (χ0v) is 9.93. The van der Waals surface area contributed by atoms with E-state index in [0.717, 1.165) is 15.1 Å². The maximum absolute atomic E-state index is 5.12. The lowest BCUT2D eigenvalue weighted by Crippen LogP contribution is -1.92. The standard InChI is InChI=1S/C9H9BrS2/c1-12-9(11)6-7-2-4-8(10)5-3-7/h2-5H,6H2,1H3. The van der Waals surface area contributed by atoms with Gasteiger partial charge >= 0.3 is 0 Å². The van der Waals surface area contributed by atoms with Crippen molar-refractivity contribution in [3.8, 4) is 0 Å². The molecule has 0 saturated carbocycles. The van der Waals surface area contributed by atoms with Gasteiger partial charge in [0.15, 0.2) is 0 Å². The number of benzene rings is 1. The van der Waals surface area contributed by atoms with E-state index in [4.69, 9.17) is 12.2 Å². The first-order valence-corrected chi connectivity index (χ1v) is 5.96. The van der Waals surface area contributed by atoms with Crippen LogP contribution < -0.4 is 0 Å². The molecule has 0 saturated heterocycles. The van der Waals surface area contributed by atoms with Gasteiger partial charge in [0.05, 0.1) is 4.20 Å². The van der Waals surface area contributed by atoms with Crippen molar-refractivity contribution in [1.29, 1.82) is 0 Å². The summed E-state index contributed by atoms with van der Waals surface area (Å²) >= 11 is 10.2. The Hall–Kier alpha value is 0.140. The predicted octanol–water partition coefficient (Wildman–Crippen LogP) is 3.68. The van der Waals surface area contributed by atoms with Gasteiger partial charge in [-0.15, -0.1) is 11.8 Å². The average molecular weight is 261 g/mol. The number of halogens is 1. The van der Waals surface area contributed by atoms with Crippen molar-refractivity contribution in [2.75, 3.05) is 6.26 Å². The van der Waals surface area contributed by atoms with Gasteiger partial charge in [-0.2, -0.15) is 0 Å². The lowest BCUT2D eigenvalue weighted by Gasteiger charge is -2.00. The summed E-state index contributed by atoms with van der Waals surface area (Å²) in [5.41, 5.74) is 1.28. The van der Waals surface area contributed by atoms with E-state index < -0.39 is 0 Å². The molecule has 64 valence electrons. The summed E-state index contributed by atoms with van der Waals surface area (Å²) < 4.78 is 2.15. The third-order valence-electron chi connectivity index (χ3n) is 1.49. The van der Waals surface area contributed by atoms with Crippen molar-refractivity contribution in [2.45, 2.75) is 6.42 Å². The molecule has 0 aliphatic rings. The molecule has 0 aromatic heterocycles. The Morgan fingerprint density at radius 3 is 2.50 bits per heavy atom. The number of thiocarbonyl (C=S) groups is 1. The van der Waals surface area contributed by atoms with E-state index in [1.54, 1.807) is 11.8 Å². The topological polar surface area (TPSA) is 0 Å². The minimum atomic E-state index is 0.893. The summed E-state index contributed by atoms with van der Waals surface area (Å²) in [6, 6.07) is 8.26. The molecule has 0 amide bonds. The molecular weight excluding hydrogens is 252 g/mol. The molecule has 0 N–H and O–H groups in total. The van der Waals surface area contributed by atoms with Crippen LogP contribution in [0.5, 0.6) is 0 Å². The molecule has 0 unspecified atom stereocenters. The van der Waals surface area contributed by atoms with Crippen LogP contribution in [0.15, 0.2) is 28.7 Å². The summed E-state index contributed by atoms with van der Waals surface area (Å²) in [7, 11) is 0. The van der Waals surface area contributed by atoms with Crippen molar-refractivity contribution in [2.24, 2.45) is 0 Å². The second-order valence-corrected chi connectivity index (χ2v) is 4.95. The Bertz CT molecular complexity index is 266. The van der Waals surface area contributed by atoms with Crippen molar-refractivity contribution in [1.82, 2.24) is 0 Å². The molecule has 0 atom stereocenters. The van der Waals surface area contributed by atoms with Gasteiger partial charge in [0.1, 0.15) is 0 Å². The largest absolute Gasteiger partial charge is 0.122 e. The van der Waals surface area contributed by atoms with Gasteiger partial charge in [0, 0.05) is 10.9 Å². The van der Waals surface area contributed by atoms with Crippen LogP contribution in [-0.4, -0.2) is 10.5 Å². The first-order valence-electron chi connectivity index (χ1n) is 3.53. The number of thioether (sulfide) groups is 1. The molecule has 0 spiro atoms. The Morgan fingerprint density at radius 2 is 2.00 bits per heavy atom. The van der Waals surface area contributed by atoms with Gasteiger partial charge in [-0.1, -0.05) is 40.3 Å². The maximum Gasteiger partial charge on any atom is 0.0519 e. The van der Waals surface area contributed by atoms with E-state index >= 15 is 0 Å². The number of rotatable bonds is 2. The van der Waals surface area contributed by atoms with Crippen LogP contribution in [0.2, 0.25) is 0 Å². The summed E-state index contributed by atoms with van der Waals surface area (Å²) in [6.07, 6.45) is 2.91. The van der Waals surface area contributed by atoms with E-state index in [1.807, 2.05) is 18.4 Å². The van der Waals surface area contributed by atoms with Crippen LogP contribution in [0, 0.1) is 0 Å². The molecule has 0 aliphatic carbocycles. The molecule has 12 heavy (non-hydrogen) atoms. The third kappa shape index (κ3) is 3.25. The zero-order valence-electron chi connectivity index (χ0n) is 6.71. The van der Waals surface area contributed by atoms with Crippen LogP contribution in [0.1, 0.15) is 5.56 Å². The summed E-state index contributed by atoms with van der Waals surface area (Å²) in [4.78, 5) is 0. The van der Waals surface area contributed by atoms with Gasteiger partial charge in [-0.25, -0.2) is 0 Å². The number of hydrogen-bond acceptors (Lipinski definition) is 2. The average Bonchev–Trinajstić information content (AvgIpc) is 2.09. The molecule has 1 rings (SSSR count). The lowest BCUT2D eigenvalue weighted by molar-refractivity contribution is 1.37. The van der Waals surface area contributed by atoms with E-state index in [0.29, 0.717) is 0 Å². The summed E-state index contributed by atoms with van der Waals surface area (Å²) in [5, 5.41) is 0. The van der Waals surface area contributed by atoms with Gasteiger partial charge in [0.25, 0.3) is 0 Å². The molecule has 0 radical (unpaired) electrons. The Balaban J connectivity index is 2.64. The Morgan fingerprint density at radius 1 is 1.42 bits per heavy atom. The second-order valence-electron chi connectivity index (χ2n) is 2.38. The minimum absolute atomic E-state index is 0.893. The van der Waals surface area contributed by atoms with Crippen LogP contribution >= 0.6 is 39.9 Å². The SMILES string of the molecule is CSC(=S)Cc1ccc(Br)cc1. The highest BCUT2D eigenvalue weighted by Crippen LogP contribution is 2.13. The second kappa shape index (κ2) is 5.00. The van der Waals surface area contributed by atoms with E-state index in [2.05, 4.69) is 28.1 Å². The molecule has 0 fully saturated rings. The van der Waals surface area contributed by atoms with Crippen molar-refractivity contribution in [3.05, 3.63) is 34.3 Å². The fraction of sp³-hybridized carbons (Fsp3) is 0.222. The highest BCUT2D eigenvalue weighted by Gasteiger charge is 1.96. The van der Waals surface area contributed by atoms with Gasteiger partial charge in [-0.05, 0) is 24.0 Å². The molecule has 0 heterocycles. The van der Waals surface area contributed by atoms with Crippen LogP contribution in [0.25, 0.3) is 0 Å². The smallest absolute Gasteiger partial charge is 0.0519 e. The van der Waals surface area contributed by atoms with Gasteiger partial charge in [-0.3, -0.25) is 0 Å².